The Bertz CT molecular complexity index is 538. The normalized spacial score (nSPS) is 15.1. The maximum absolute atomic E-state index is 4.53. The van der Waals surface area contributed by atoms with E-state index in [2.05, 4.69) is 48.4 Å². The maximum atomic E-state index is 4.53. The van der Waals surface area contributed by atoms with Gasteiger partial charge in [0.2, 0.25) is 0 Å². The highest BCUT2D eigenvalue weighted by atomic mass is 32.1. The highest BCUT2D eigenvalue weighted by Gasteiger charge is 2.23. The van der Waals surface area contributed by atoms with E-state index in [4.69, 9.17) is 0 Å². The second kappa shape index (κ2) is 5.43. The van der Waals surface area contributed by atoms with Crippen LogP contribution in [0.1, 0.15) is 43.0 Å². The lowest BCUT2D eigenvalue weighted by Crippen LogP contribution is -2.21. The second-order valence-electron chi connectivity index (χ2n) is 5.56. The van der Waals surface area contributed by atoms with Crippen LogP contribution in [0, 0.1) is 0 Å². The van der Waals surface area contributed by atoms with Crippen LogP contribution in [0.15, 0.2) is 30.5 Å². The zero-order chi connectivity index (χ0) is 13.2. The number of nitrogens with zero attached hydrogens (tertiary/aromatic N) is 1. The minimum atomic E-state index is 0.517. The van der Waals surface area contributed by atoms with Gasteiger partial charge in [0.15, 0.2) is 0 Å². The highest BCUT2D eigenvalue weighted by molar-refractivity contribution is 7.15. The lowest BCUT2D eigenvalue weighted by atomic mass is 10.1. The van der Waals surface area contributed by atoms with Gasteiger partial charge in [-0.05, 0) is 24.3 Å². The molecule has 1 saturated carbocycles. The summed E-state index contributed by atoms with van der Waals surface area (Å²) in [7, 11) is 0. The molecule has 1 aliphatic rings. The Morgan fingerprint density at radius 2 is 2.00 bits per heavy atom. The van der Waals surface area contributed by atoms with Gasteiger partial charge in [-0.2, -0.15) is 0 Å². The molecule has 0 radical (unpaired) electrons. The standard InChI is InChI=1S/C16H20N2S/c1-11(2)17-9-15-10-18-16(19-15)14-7-5-13(6-8-14)12-3-4-12/h5-8,10-12,17H,3-4,9H2,1-2H3. The fourth-order valence-electron chi connectivity index (χ4n) is 2.14. The van der Waals surface area contributed by atoms with E-state index in [0.29, 0.717) is 6.04 Å². The monoisotopic (exact) mass is 272 g/mol. The third kappa shape index (κ3) is 3.23. The Labute approximate surface area is 118 Å². The Balaban J connectivity index is 1.70. The van der Waals surface area contributed by atoms with Crippen LogP contribution < -0.4 is 5.32 Å². The van der Waals surface area contributed by atoms with Gasteiger partial charge in [0.25, 0.3) is 0 Å². The van der Waals surface area contributed by atoms with Crippen LogP contribution in [0.4, 0.5) is 0 Å². The molecular formula is C16H20N2S. The van der Waals surface area contributed by atoms with Gasteiger partial charge in [0.05, 0.1) is 0 Å². The van der Waals surface area contributed by atoms with Crippen molar-refractivity contribution in [3.63, 3.8) is 0 Å². The minimum Gasteiger partial charge on any atom is -0.310 e. The molecule has 0 amide bonds. The molecule has 1 heterocycles. The topological polar surface area (TPSA) is 24.9 Å². The van der Waals surface area contributed by atoms with Gasteiger partial charge in [-0.1, -0.05) is 38.1 Å². The summed E-state index contributed by atoms with van der Waals surface area (Å²) in [5.41, 5.74) is 2.73. The van der Waals surface area contributed by atoms with E-state index in [1.165, 1.54) is 28.8 Å². The number of nitrogens with one attached hydrogen (secondary N) is 1. The first-order valence-electron chi connectivity index (χ1n) is 7.01. The van der Waals surface area contributed by atoms with E-state index in [-0.39, 0.29) is 0 Å². The fourth-order valence-corrected chi connectivity index (χ4v) is 3.01. The molecular weight excluding hydrogens is 252 g/mol. The van der Waals surface area contributed by atoms with Gasteiger partial charge in [0, 0.05) is 29.2 Å². The Morgan fingerprint density at radius 1 is 1.26 bits per heavy atom. The predicted octanol–water partition coefficient (Wildman–Crippen LogP) is 4.19. The summed E-state index contributed by atoms with van der Waals surface area (Å²) in [4.78, 5) is 5.83. The summed E-state index contributed by atoms with van der Waals surface area (Å²) < 4.78 is 0. The SMILES string of the molecule is CC(C)NCc1cnc(-c2ccc(C3CC3)cc2)s1. The summed E-state index contributed by atoms with van der Waals surface area (Å²) in [6, 6.07) is 9.47. The summed E-state index contributed by atoms with van der Waals surface area (Å²) in [6.07, 6.45) is 4.72. The number of aromatic nitrogens is 1. The van der Waals surface area contributed by atoms with Crippen molar-refractivity contribution < 1.29 is 0 Å². The van der Waals surface area contributed by atoms with Crippen molar-refractivity contribution in [2.75, 3.05) is 0 Å². The smallest absolute Gasteiger partial charge is 0.123 e. The summed E-state index contributed by atoms with van der Waals surface area (Å²) in [5, 5.41) is 4.56. The molecule has 3 heteroatoms. The van der Waals surface area contributed by atoms with E-state index in [1.807, 2.05) is 6.20 Å². The number of thiazole rings is 1. The average molecular weight is 272 g/mol. The molecule has 1 aliphatic carbocycles. The van der Waals surface area contributed by atoms with E-state index < -0.39 is 0 Å². The lowest BCUT2D eigenvalue weighted by molar-refractivity contribution is 0.593. The summed E-state index contributed by atoms with van der Waals surface area (Å²) >= 11 is 1.78. The Hall–Kier alpha value is -1.19. The van der Waals surface area contributed by atoms with Gasteiger partial charge >= 0.3 is 0 Å². The second-order valence-corrected chi connectivity index (χ2v) is 6.68. The molecule has 1 fully saturated rings. The molecule has 1 aromatic carbocycles. The molecule has 0 aliphatic heterocycles. The van der Waals surface area contributed by atoms with Gasteiger partial charge in [-0.25, -0.2) is 4.98 Å². The molecule has 1 N–H and O–H groups in total. The minimum absolute atomic E-state index is 0.517. The molecule has 3 rings (SSSR count). The first-order valence-corrected chi connectivity index (χ1v) is 7.82. The van der Waals surface area contributed by atoms with Crippen LogP contribution in [-0.4, -0.2) is 11.0 Å². The van der Waals surface area contributed by atoms with Crippen molar-refractivity contribution in [2.24, 2.45) is 0 Å². The van der Waals surface area contributed by atoms with Crippen LogP contribution in [0.5, 0.6) is 0 Å². The lowest BCUT2D eigenvalue weighted by Gasteiger charge is -2.04. The van der Waals surface area contributed by atoms with E-state index in [9.17, 15) is 0 Å². The van der Waals surface area contributed by atoms with Crippen molar-refractivity contribution >= 4 is 11.3 Å². The van der Waals surface area contributed by atoms with E-state index >= 15 is 0 Å². The molecule has 2 aromatic rings. The van der Waals surface area contributed by atoms with Crippen molar-refractivity contribution in [1.82, 2.24) is 10.3 Å². The third-order valence-corrected chi connectivity index (χ3v) is 4.49. The van der Waals surface area contributed by atoms with Gasteiger partial charge in [-0.3, -0.25) is 0 Å². The van der Waals surface area contributed by atoms with Crippen molar-refractivity contribution in [3.05, 3.63) is 40.9 Å². The van der Waals surface area contributed by atoms with Gasteiger partial charge in [0.1, 0.15) is 5.01 Å². The van der Waals surface area contributed by atoms with Crippen molar-refractivity contribution in [1.29, 1.82) is 0 Å². The molecule has 0 saturated heterocycles. The van der Waals surface area contributed by atoms with E-state index in [0.717, 1.165) is 17.5 Å². The van der Waals surface area contributed by atoms with E-state index in [1.54, 1.807) is 11.3 Å². The first-order chi connectivity index (χ1) is 9.22. The van der Waals surface area contributed by atoms with Gasteiger partial charge in [-0.15, -0.1) is 11.3 Å². The summed E-state index contributed by atoms with van der Waals surface area (Å²) in [5.74, 6) is 0.830. The Morgan fingerprint density at radius 3 is 2.63 bits per heavy atom. The largest absolute Gasteiger partial charge is 0.310 e. The number of hydrogen-bond acceptors (Lipinski definition) is 3. The van der Waals surface area contributed by atoms with Crippen LogP contribution in [0.3, 0.4) is 0 Å². The van der Waals surface area contributed by atoms with Crippen LogP contribution in [-0.2, 0) is 6.54 Å². The van der Waals surface area contributed by atoms with Crippen LogP contribution >= 0.6 is 11.3 Å². The molecule has 100 valence electrons. The van der Waals surface area contributed by atoms with Crippen LogP contribution in [0.25, 0.3) is 10.6 Å². The first kappa shape index (κ1) is 12.8. The third-order valence-electron chi connectivity index (χ3n) is 3.44. The molecule has 1 aromatic heterocycles. The average Bonchev–Trinajstić information content (AvgIpc) is 3.15. The molecule has 2 nitrogen and oxygen atoms in total. The maximum Gasteiger partial charge on any atom is 0.123 e. The predicted molar refractivity (Wildman–Crippen MR) is 81.5 cm³/mol. The quantitative estimate of drug-likeness (QED) is 0.883. The summed E-state index contributed by atoms with van der Waals surface area (Å²) in [6.45, 7) is 5.24. The number of hydrogen-bond donors (Lipinski definition) is 1. The van der Waals surface area contributed by atoms with Gasteiger partial charge < -0.3 is 5.32 Å². The zero-order valence-electron chi connectivity index (χ0n) is 11.5. The number of rotatable bonds is 5. The highest BCUT2D eigenvalue weighted by Crippen LogP contribution is 2.40. The van der Waals surface area contributed by atoms with Crippen LogP contribution in [0.2, 0.25) is 0 Å². The zero-order valence-corrected chi connectivity index (χ0v) is 12.3. The van der Waals surface area contributed by atoms with Crippen molar-refractivity contribution in [3.8, 4) is 10.6 Å². The molecule has 0 bridgehead atoms. The molecule has 0 atom stereocenters. The molecule has 0 unspecified atom stereocenters. The fraction of sp³-hybridized carbons (Fsp3) is 0.438. The Kier molecular flexibility index (Phi) is 3.67. The molecule has 0 spiro atoms. The molecule has 19 heavy (non-hydrogen) atoms. The van der Waals surface area contributed by atoms with Crippen molar-refractivity contribution in [2.45, 2.75) is 45.2 Å². The number of benzene rings is 1.